The van der Waals surface area contributed by atoms with E-state index in [2.05, 4.69) is 12.2 Å². The third kappa shape index (κ3) is 3.59. The molecule has 1 aromatic rings. The Labute approximate surface area is 120 Å². The van der Waals surface area contributed by atoms with Gasteiger partial charge in [-0.15, -0.1) is 0 Å². The van der Waals surface area contributed by atoms with E-state index in [0.29, 0.717) is 23.6 Å². The van der Waals surface area contributed by atoms with Gasteiger partial charge in [0.2, 0.25) is 5.91 Å². The van der Waals surface area contributed by atoms with Crippen molar-refractivity contribution in [2.24, 2.45) is 5.92 Å². The zero-order valence-electron chi connectivity index (χ0n) is 12.2. The fraction of sp³-hybridized carbons (Fsp3) is 0.500. The fourth-order valence-electron chi connectivity index (χ4n) is 2.37. The topological polar surface area (TPSA) is 49.4 Å². The predicted molar refractivity (Wildman–Crippen MR) is 79.7 cm³/mol. The van der Waals surface area contributed by atoms with E-state index in [9.17, 15) is 9.59 Å². The van der Waals surface area contributed by atoms with Crippen LogP contribution in [-0.4, -0.2) is 29.8 Å². The highest BCUT2D eigenvalue weighted by molar-refractivity contribution is 5.97. The SMILES string of the molecule is CCC(=O)Nc1cccc(C(=O)N2CCC(C)CC2)c1. The Morgan fingerprint density at radius 2 is 2.00 bits per heavy atom. The van der Waals surface area contributed by atoms with Gasteiger partial charge in [-0.2, -0.15) is 0 Å². The molecule has 1 heterocycles. The normalized spacial score (nSPS) is 16.0. The average Bonchev–Trinajstić information content (AvgIpc) is 2.47. The van der Waals surface area contributed by atoms with Crippen LogP contribution in [0.5, 0.6) is 0 Å². The molecule has 0 radical (unpaired) electrons. The summed E-state index contributed by atoms with van der Waals surface area (Å²) >= 11 is 0. The van der Waals surface area contributed by atoms with E-state index in [0.717, 1.165) is 25.9 Å². The number of anilines is 1. The number of hydrogen-bond acceptors (Lipinski definition) is 2. The van der Waals surface area contributed by atoms with Gasteiger partial charge in [-0.25, -0.2) is 0 Å². The van der Waals surface area contributed by atoms with Crippen molar-refractivity contribution in [3.63, 3.8) is 0 Å². The first-order chi connectivity index (χ1) is 9.60. The molecule has 108 valence electrons. The van der Waals surface area contributed by atoms with Crippen LogP contribution in [0, 0.1) is 5.92 Å². The second kappa shape index (κ2) is 6.55. The molecule has 4 heteroatoms. The summed E-state index contributed by atoms with van der Waals surface area (Å²) in [6, 6.07) is 7.18. The molecule has 0 spiro atoms. The van der Waals surface area contributed by atoms with Crippen molar-refractivity contribution in [3.05, 3.63) is 29.8 Å². The van der Waals surface area contributed by atoms with Crippen LogP contribution in [0.2, 0.25) is 0 Å². The Balaban J connectivity index is 2.06. The van der Waals surface area contributed by atoms with Crippen LogP contribution in [0.1, 0.15) is 43.5 Å². The number of nitrogens with one attached hydrogen (secondary N) is 1. The standard InChI is InChI=1S/C16H22N2O2/c1-3-15(19)17-14-6-4-5-13(11-14)16(20)18-9-7-12(2)8-10-18/h4-6,11-12H,3,7-10H2,1-2H3,(H,17,19). The van der Waals surface area contributed by atoms with E-state index in [-0.39, 0.29) is 11.8 Å². The van der Waals surface area contributed by atoms with Crippen molar-refractivity contribution in [1.82, 2.24) is 4.90 Å². The Morgan fingerprint density at radius 3 is 2.65 bits per heavy atom. The Morgan fingerprint density at radius 1 is 1.30 bits per heavy atom. The molecule has 2 amide bonds. The summed E-state index contributed by atoms with van der Waals surface area (Å²) in [6.45, 7) is 5.68. The number of carbonyl (C=O) groups excluding carboxylic acids is 2. The molecule has 1 aromatic carbocycles. The highest BCUT2D eigenvalue weighted by atomic mass is 16.2. The minimum atomic E-state index is -0.0404. The minimum Gasteiger partial charge on any atom is -0.339 e. The maximum atomic E-state index is 12.4. The molecule has 0 bridgehead atoms. The summed E-state index contributed by atoms with van der Waals surface area (Å²) in [7, 11) is 0. The van der Waals surface area contributed by atoms with Crippen molar-refractivity contribution in [2.45, 2.75) is 33.1 Å². The van der Waals surface area contributed by atoms with Gasteiger partial charge < -0.3 is 10.2 Å². The van der Waals surface area contributed by atoms with Crippen LogP contribution in [-0.2, 0) is 4.79 Å². The maximum absolute atomic E-state index is 12.4. The van der Waals surface area contributed by atoms with Gasteiger partial charge in [0.25, 0.3) is 5.91 Å². The number of rotatable bonds is 3. The van der Waals surface area contributed by atoms with Crippen LogP contribution in [0.4, 0.5) is 5.69 Å². The van der Waals surface area contributed by atoms with Crippen LogP contribution in [0.25, 0.3) is 0 Å². The number of benzene rings is 1. The third-order valence-corrected chi connectivity index (χ3v) is 3.79. The Bertz CT molecular complexity index is 491. The zero-order chi connectivity index (χ0) is 14.5. The summed E-state index contributed by atoms with van der Waals surface area (Å²) in [4.78, 5) is 25.7. The van der Waals surface area contributed by atoms with Gasteiger partial charge in [-0.05, 0) is 37.0 Å². The first-order valence-electron chi connectivity index (χ1n) is 7.29. The largest absolute Gasteiger partial charge is 0.339 e. The van der Waals surface area contributed by atoms with Gasteiger partial charge in [0.1, 0.15) is 0 Å². The van der Waals surface area contributed by atoms with Crippen molar-refractivity contribution >= 4 is 17.5 Å². The first-order valence-corrected chi connectivity index (χ1v) is 7.29. The lowest BCUT2D eigenvalue weighted by molar-refractivity contribution is -0.115. The van der Waals surface area contributed by atoms with Crippen LogP contribution < -0.4 is 5.32 Å². The summed E-state index contributed by atoms with van der Waals surface area (Å²) in [5, 5.41) is 2.79. The molecule has 0 aromatic heterocycles. The smallest absolute Gasteiger partial charge is 0.253 e. The van der Waals surface area contributed by atoms with Crippen LogP contribution in [0.15, 0.2) is 24.3 Å². The number of nitrogens with zero attached hydrogens (tertiary/aromatic N) is 1. The molecule has 2 rings (SSSR count). The molecule has 0 saturated carbocycles. The molecule has 0 unspecified atom stereocenters. The molecule has 1 saturated heterocycles. The van der Waals surface area contributed by atoms with Gasteiger partial charge >= 0.3 is 0 Å². The van der Waals surface area contributed by atoms with E-state index in [4.69, 9.17) is 0 Å². The van der Waals surface area contributed by atoms with E-state index >= 15 is 0 Å². The van der Waals surface area contributed by atoms with Gasteiger partial charge in [0, 0.05) is 30.8 Å². The summed E-state index contributed by atoms with van der Waals surface area (Å²) < 4.78 is 0. The summed E-state index contributed by atoms with van der Waals surface area (Å²) in [5.74, 6) is 0.722. The van der Waals surface area contributed by atoms with Crippen molar-refractivity contribution in [1.29, 1.82) is 0 Å². The van der Waals surface area contributed by atoms with Crippen LogP contribution >= 0.6 is 0 Å². The minimum absolute atomic E-state index is 0.0404. The number of piperidine rings is 1. The number of hydrogen-bond donors (Lipinski definition) is 1. The summed E-state index contributed by atoms with van der Waals surface area (Å²) in [5.41, 5.74) is 1.33. The van der Waals surface area contributed by atoms with E-state index in [1.54, 1.807) is 13.0 Å². The predicted octanol–water partition coefficient (Wildman–Crippen LogP) is 2.91. The van der Waals surface area contributed by atoms with Gasteiger partial charge in [-0.1, -0.05) is 19.9 Å². The number of amides is 2. The molecule has 20 heavy (non-hydrogen) atoms. The number of likely N-dealkylation sites (tertiary alicyclic amines) is 1. The maximum Gasteiger partial charge on any atom is 0.253 e. The molecule has 1 N–H and O–H groups in total. The zero-order valence-corrected chi connectivity index (χ0v) is 12.2. The lowest BCUT2D eigenvalue weighted by Gasteiger charge is -2.30. The average molecular weight is 274 g/mol. The molecular weight excluding hydrogens is 252 g/mol. The molecule has 0 aliphatic carbocycles. The third-order valence-electron chi connectivity index (χ3n) is 3.79. The molecule has 1 aliphatic rings. The second-order valence-electron chi connectivity index (χ2n) is 5.46. The Kier molecular flexibility index (Phi) is 4.77. The number of carbonyl (C=O) groups is 2. The Hall–Kier alpha value is -1.84. The molecule has 0 atom stereocenters. The highest BCUT2D eigenvalue weighted by Gasteiger charge is 2.21. The van der Waals surface area contributed by atoms with Crippen molar-refractivity contribution < 1.29 is 9.59 Å². The molecular formula is C16H22N2O2. The van der Waals surface area contributed by atoms with Crippen LogP contribution in [0.3, 0.4) is 0 Å². The lowest BCUT2D eigenvalue weighted by Crippen LogP contribution is -2.37. The monoisotopic (exact) mass is 274 g/mol. The van der Waals surface area contributed by atoms with E-state index in [1.807, 2.05) is 23.1 Å². The van der Waals surface area contributed by atoms with Crippen molar-refractivity contribution in [3.8, 4) is 0 Å². The van der Waals surface area contributed by atoms with Gasteiger partial charge in [0.15, 0.2) is 0 Å². The molecule has 1 fully saturated rings. The fourth-order valence-corrected chi connectivity index (χ4v) is 2.37. The van der Waals surface area contributed by atoms with E-state index < -0.39 is 0 Å². The van der Waals surface area contributed by atoms with E-state index in [1.165, 1.54) is 0 Å². The highest BCUT2D eigenvalue weighted by Crippen LogP contribution is 2.19. The lowest BCUT2D eigenvalue weighted by atomic mass is 9.98. The quantitative estimate of drug-likeness (QED) is 0.921. The van der Waals surface area contributed by atoms with Gasteiger partial charge in [-0.3, -0.25) is 9.59 Å². The molecule has 4 nitrogen and oxygen atoms in total. The molecule has 1 aliphatic heterocycles. The first kappa shape index (κ1) is 14.6. The second-order valence-corrected chi connectivity index (χ2v) is 5.46. The van der Waals surface area contributed by atoms with Crippen molar-refractivity contribution in [2.75, 3.05) is 18.4 Å². The van der Waals surface area contributed by atoms with Gasteiger partial charge in [0.05, 0.1) is 0 Å². The summed E-state index contributed by atoms with van der Waals surface area (Å²) in [6.07, 6.45) is 2.57.